The molecule has 2 aromatic carbocycles. The fourth-order valence-corrected chi connectivity index (χ4v) is 3.27. The van der Waals surface area contributed by atoms with E-state index in [9.17, 15) is 5.11 Å². The normalized spacial score (nSPS) is 20.0. The van der Waals surface area contributed by atoms with Crippen molar-refractivity contribution in [1.29, 1.82) is 0 Å². The van der Waals surface area contributed by atoms with E-state index in [1.165, 1.54) is 0 Å². The first-order valence-electron chi connectivity index (χ1n) is 8.07. The van der Waals surface area contributed by atoms with Gasteiger partial charge in [0, 0.05) is 31.5 Å². The smallest absolute Gasteiger partial charge is 0.213 e. The maximum absolute atomic E-state index is 9.41. The van der Waals surface area contributed by atoms with Crippen LogP contribution in [0.15, 0.2) is 42.5 Å². The van der Waals surface area contributed by atoms with Crippen molar-refractivity contribution in [3.05, 3.63) is 48.0 Å². The Morgan fingerprint density at radius 3 is 2.43 bits per heavy atom. The molecule has 2 aliphatic rings. The lowest BCUT2D eigenvalue weighted by Crippen LogP contribution is -2.50. The van der Waals surface area contributed by atoms with E-state index in [4.69, 9.17) is 9.47 Å². The number of hydrogen-bond donors (Lipinski definition) is 1. The number of hydrogen-bond acceptors (Lipinski definition) is 4. The average molecular weight is 311 g/mol. The highest BCUT2D eigenvalue weighted by Gasteiger charge is 2.40. The Labute approximate surface area is 136 Å². The Morgan fingerprint density at radius 1 is 1.00 bits per heavy atom. The predicted octanol–water partition coefficient (Wildman–Crippen LogP) is 3.39. The molecule has 1 saturated heterocycles. The fraction of sp³-hybridized carbons (Fsp3) is 0.368. The highest BCUT2D eigenvalue weighted by Crippen LogP contribution is 2.39. The Hall–Kier alpha value is -2.04. The maximum Gasteiger partial charge on any atom is 0.213 e. The highest BCUT2D eigenvalue weighted by atomic mass is 16.7. The Kier molecular flexibility index (Phi) is 3.51. The predicted molar refractivity (Wildman–Crippen MR) is 88.4 cm³/mol. The SMILES string of the molecule is CN1CCC2(CC1)OCc1cc(-c3ccc(O)cc3)ccc1O2. The second-order valence-electron chi connectivity index (χ2n) is 6.47. The minimum Gasteiger partial charge on any atom is -0.508 e. The molecule has 0 saturated carbocycles. The summed E-state index contributed by atoms with van der Waals surface area (Å²) in [6, 6.07) is 13.5. The van der Waals surface area contributed by atoms with Crippen LogP contribution in [0.1, 0.15) is 18.4 Å². The van der Waals surface area contributed by atoms with Gasteiger partial charge in [0.15, 0.2) is 0 Å². The summed E-state index contributed by atoms with van der Waals surface area (Å²) < 4.78 is 12.3. The number of likely N-dealkylation sites (tertiary alicyclic amines) is 1. The van der Waals surface area contributed by atoms with Crippen molar-refractivity contribution in [2.24, 2.45) is 0 Å². The summed E-state index contributed by atoms with van der Waals surface area (Å²) in [4.78, 5) is 2.31. The molecule has 2 aromatic rings. The van der Waals surface area contributed by atoms with Crippen LogP contribution in [0.4, 0.5) is 0 Å². The van der Waals surface area contributed by atoms with Gasteiger partial charge in [0.05, 0.1) is 6.61 Å². The number of piperidine rings is 1. The summed E-state index contributed by atoms with van der Waals surface area (Å²) in [6.07, 6.45) is 1.81. The topological polar surface area (TPSA) is 41.9 Å². The molecule has 4 nitrogen and oxygen atoms in total. The summed E-state index contributed by atoms with van der Waals surface area (Å²) in [7, 11) is 2.13. The lowest BCUT2D eigenvalue weighted by atomic mass is 9.99. The lowest BCUT2D eigenvalue weighted by molar-refractivity contribution is -0.226. The van der Waals surface area contributed by atoms with Crippen LogP contribution in [0.5, 0.6) is 11.5 Å². The number of fused-ring (bicyclic) bond motifs is 1. The zero-order valence-electron chi connectivity index (χ0n) is 13.3. The minimum atomic E-state index is -0.445. The number of benzene rings is 2. The summed E-state index contributed by atoms with van der Waals surface area (Å²) in [5, 5.41) is 9.41. The van der Waals surface area contributed by atoms with Gasteiger partial charge in [-0.15, -0.1) is 0 Å². The highest BCUT2D eigenvalue weighted by molar-refractivity contribution is 5.66. The average Bonchev–Trinajstić information content (AvgIpc) is 2.58. The molecule has 23 heavy (non-hydrogen) atoms. The van der Waals surface area contributed by atoms with Crippen LogP contribution in [0.25, 0.3) is 11.1 Å². The molecule has 0 amide bonds. The number of aromatic hydroxyl groups is 1. The number of rotatable bonds is 1. The van der Waals surface area contributed by atoms with Gasteiger partial charge in [0.25, 0.3) is 0 Å². The number of ether oxygens (including phenoxy) is 2. The maximum atomic E-state index is 9.41. The molecule has 0 atom stereocenters. The first-order valence-corrected chi connectivity index (χ1v) is 8.07. The van der Waals surface area contributed by atoms with Crippen molar-refractivity contribution in [2.45, 2.75) is 25.2 Å². The molecule has 1 spiro atoms. The van der Waals surface area contributed by atoms with Crippen LogP contribution in [0.2, 0.25) is 0 Å². The van der Waals surface area contributed by atoms with Crippen LogP contribution in [0, 0.1) is 0 Å². The van der Waals surface area contributed by atoms with E-state index >= 15 is 0 Å². The van der Waals surface area contributed by atoms with Crippen molar-refractivity contribution in [2.75, 3.05) is 20.1 Å². The van der Waals surface area contributed by atoms with E-state index in [0.717, 1.165) is 48.4 Å². The Morgan fingerprint density at radius 2 is 1.70 bits per heavy atom. The third-order valence-electron chi connectivity index (χ3n) is 4.80. The van der Waals surface area contributed by atoms with Gasteiger partial charge < -0.3 is 19.5 Å². The van der Waals surface area contributed by atoms with Crippen molar-refractivity contribution in [3.8, 4) is 22.6 Å². The molecule has 1 fully saturated rings. The molecule has 2 aliphatic heterocycles. The Bertz CT molecular complexity index is 703. The van der Waals surface area contributed by atoms with Crippen LogP contribution in [0.3, 0.4) is 0 Å². The van der Waals surface area contributed by atoms with E-state index < -0.39 is 5.79 Å². The van der Waals surface area contributed by atoms with E-state index in [0.29, 0.717) is 6.61 Å². The third-order valence-corrected chi connectivity index (χ3v) is 4.80. The zero-order chi connectivity index (χ0) is 15.9. The molecule has 1 N–H and O–H groups in total. The van der Waals surface area contributed by atoms with Gasteiger partial charge in [-0.05, 0) is 42.4 Å². The second kappa shape index (κ2) is 5.55. The van der Waals surface area contributed by atoms with Gasteiger partial charge in [0.1, 0.15) is 11.5 Å². The summed E-state index contributed by atoms with van der Waals surface area (Å²) in [5.41, 5.74) is 3.26. The van der Waals surface area contributed by atoms with E-state index in [2.05, 4.69) is 24.1 Å². The summed E-state index contributed by atoms with van der Waals surface area (Å²) in [5.74, 6) is 0.769. The summed E-state index contributed by atoms with van der Waals surface area (Å²) in [6.45, 7) is 2.59. The molecule has 4 rings (SSSR count). The zero-order valence-corrected chi connectivity index (χ0v) is 13.3. The third kappa shape index (κ3) is 2.80. The second-order valence-corrected chi connectivity index (χ2v) is 6.47. The summed E-state index contributed by atoms with van der Waals surface area (Å²) >= 11 is 0. The molecule has 4 heteroatoms. The minimum absolute atomic E-state index is 0.280. The molecule has 120 valence electrons. The fourth-order valence-electron chi connectivity index (χ4n) is 3.27. The molecule has 0 unspecified atom stereocenters. The molecule has 2 heterocycles. The number of phenols is 1. The molecule has 0 aromatic heterocycles. The standard InChI is InChI=1S/C19H21NO3/c1-20-10-8-19(9-11-20)22-13-16-12-15(4-7-18(16)23-19)14-2-5-17(21)6-3-14/h2-7,12,21H,8-11,13H2,1H3. The first kappa shape index (κ1) is 14.5. The molecule has 0 aliphatic carbocycles. The largest absolute Gasteiger partial charge is 0.508 e. The van der Waals surface area contributed by atoms with Gasteiger partial charge in [-0.2, -0.15) is 0 Å². The van der Waals surface area contributed by atoms with Crippen LogP contribution in [-0.2, 0) is 11.3 Å². The molecule has 0 bridgehead atoms. The van der Waals surface area contributed by atoms with Gasteiger partial charge in [-0.25, -0.2) is 0 Å². The van der Waals surface area contributed by atoms with Crippen LogP contribution in [-0.4, -0.2) is 35.9 Å². The molecular weight excluding hydrogens is 290 g/mol. The number of phenolic OH excluding ortho intramolecular Hbond substituents is 1. The Balaban J connectivity index is 1.58. The van der Waals surface area contributed by atoms with Crippen molar-refractivity contribution in [1.82, 2.24) is 4.90 Å². The van der Waals surface area contributed by atoms with Gasteiger partial charge in [-0.1, -0.05) is 18.2 Å². The molecular formula is C19H21NO3. The van der Waals surface area contributed by atoms with Crippen molar-refractivity contribution in [3.63, 3.8) is 0 Å². The van der Waals surface area contributed by atoms with Gasteiger partial charge in [-0.3, -0.25) is 0 Å². The quantitative estimate of drug-likeness (QED) is 0.876. The lowest BCUT2D eigenvalue weighted by Gasteiger charge is -2.43. The first-order chi connectivity index (χ1) is 11.1. The van der Waals surface area contributed by atoms with Gasteiger partial charge in [0.2, 0.25) is 5.79 Å². The van der Waals surface area contributed by atoms with Crippen LogP contribution >= 0.6 is 0 Å². The van der Waals surface area contributed by atoms with E-state index in [1.54, 1.807) is 12.1 Å². The van der Waals surface area contributed by atoms with Gasteiger partial charge >= 0.3 is 0 Å². The van der Waals surface area contributed by atoms with E-state index in [-0.39, 0.29) is 5.75 Å². The van der Waals surface area contributed by atoms with E-state index in [1.807, 2.05) is 18.2 Å². The van der Waals surface area contributed by atoms with Crippen LogP contribution < -0.4 is 4.74 Å². The monoisotopic (exact) mass is 311 g/mol. The van der Waals surface area contributed by atoms with Crippen molar-refractivity contribution >= 4 is 0 Å². The number of nitrogens with zero attached hydrogens (tertiary/aromatic N) is 1. The molecule has 0 radical (unpaired) electrons. The van der Waals surface area contributed by atoms with Crippen molar-refractivity contribution < 1.29 is 14.6 Å².